The van der Waals surface area contributed by atoms with Gasteiger partial charge in [-0.3, -0.25) is 0 Å². The molecule has 0 aliphatic heterocycles. The van der Waals surface area contributed by atoms with Gasteiger partial charge in [0.05, 0.1) is 0 Å². The Bertz CT molecular complexity index is 568. The van der Waals surface area contributed by atoms with Crippen molar-refractivity contribution in [3.05, 3.63) is 30.3 Å². The Morgan fingerprint density at radius 1 is 1.29 bits per heavy atom. The molecule has 1 aliphatic rings. The van der Waals surface area contributed by atoms with Crippen molar-refractivity contribution < 1.29 is 9.90 Å². The molecule has 1 aromatic rings. The van der Waals surface area contributed by atoms with Gasteiger partial charge in [0.1, 0.15) is 0 Å². The molecule has 1 aliphatic carbocycles. The molecule has 4 heteroatoms. The number of carbonyl (C=O) groups excluding carboxylic acids is 1. The van der Waals surface area contributed by atoms with Gasteiger partial charge in [0.2, 0.25) is 0 Å². The zero-order valence-electron chi connectivity index (χ0n) is 12.8. The number of hydrogen-bond donors (Lipinski definition) is 1. The molecule has 1 fully saturated rings. The Balaban J connectivity index is 2.29. The van der Waals surface area contributed by atoms with Crippen LogP contribution >= 0.6 is 0 Å². The van der Waals surface area contributed by atoms with Crippen molar-refractivity contribution in [2.75, 3.05) is 0 Å². The summed E-state index contributed by atoms with van der Waals surface area (Å²) < 4.78 is 0.523. The molecule has 0 amide bonds. The van der Waals surface area contributed by atoms with Crippen LogP contribution in [0.25, 0.3) is 0 Å². The number of aliphatic hydroxyl groups is 1. The molecule has 21 heavy (non-hydrogen) atoms. The van der Waals surface area contributed by atoms with Crippen LogP contribution in [0.1, 0.15) is 19.3 Å². The molecule has 1 saturated carbocycles. The minimum absolute atomic E-state index is 0.0740. The van der Waals surface area contributed by atoms with E-state index in [4.69, 9.17) is 0 Å². The second-order valence-corrected chi connectivity index (χ2v) is 14.2. The second-order valence-electron chi connectivity index (χ2n) is 6.50. The van der Waals surface area contributed by atoms with Crippen LogP contribution in [-0.4, -0.2) is 40.0 Å². The van der Waals surface area contributed by atoms with Crippen LogP contribution in [0.5, 0.6) is 0 Å². The zero-order chi connectivity index (χ0) is 15.5. The third-order valence-corrected chi connectivity index (χ3v) is 7.59. The molecule has 0 radical (unpaired) electrons. The van der Waals surface area contributed by atoms with Gasteiger partial charge in [-0.05, 0) is 0 Å². The molecule has 0 unspecified atom stereocenters. The van der Waals surface area contributed by atoms with Gasteiger partial charge in [-0.25, -0.2) is 0 Å². The van der Waals surface area contributed by atoms with E-state index < -0.39 is 18.5 Å². The number of hydrogen-bond acceptors (Lipinski definition) is 2. The zero-order valence-corrected chi connectivity index (χ0v) is 15.6. The molecule has 0 saturated heterocycles. The van der Waals surface area contributed by atoms with Crippen LogP contribution in [0.15, 0.2) is 30.3 Å². The van der Waals surface area contributed by atoms with E-state index in [1.165, 1.54) is 0 Å². The molecule has 0 aromatic heterocycles. The van der Waals surface area contributed by atoms with E-state index in [1.54, 1.807) is 0 Å². The van der Waals surface area contributed by atoms with Crippen molar-refractivity contribution in [1.82, 2.24) is 0 Å². The summed E-state index contributed by atoms with van der Waals surface area (Å²) in [6, 6.07) is 10.1. The second kappa shape index (κ2) is 6.50. The molecule has 0 heterocycles. The number of carbonyl (C=O) groups is 1. The first kappa shape index (κ1) is 16.5. The van der Waals surface area contributed by atoms with E-state index in [1.807, 2.05) is 30.3 Å². The van der Waals surface area contributed by atoms with Gasteiger partial charge in [0, 0.05) is 0 Å². The Hall–Kier alpha value is -0.854. The number of rotatable bonds is 3. The fraction of sp³-hybridized carbons (Fsp3) is 0.471. The van der Waals surface area contributed by atoms with Crippen LogP contribution in [0.2, 0.25) is 24.0 Å². The number of Topliss-reactive ketones (excluding diaryl/α,β-unsaturated/α-hetero) is 1. The van der Waals surface area contributed by atoms with Crippen LogP contribution < -0.4 is 4.46 Å². The summed E-state index contributed by atoms with van der Waals surface area (Å²) in [5, 5.41) is 10.6. The van der Waals surface area contributed by atoms with Gasteiger partial charge in [-0.15, -0.1) is 0 Å². The fourth-order valence-corrected chi connectivity index (χ4v) is 5.81. The Morgan fingerprint density at radius 3 is 2.48 bits per heavy atom. The van der Waals surface area contributed by atoms with E-state index >= 15 is 0 Å². The van der Waals surface area contributed by atoms with Crippen LogP contribution in [-0.2, 0) is 4.79 Å². The van der Waals surface area contributed by atoms with Crippen molar-refractivity contribution in [1.29, 1.82) is 0 Å². The molecule has 2 atom stereocenters. The molecule has 0 spiro atoms. The summed E-state index contributed by atoms with van der Waals surface area (Å²) in [5.74, 6) is 3.22. The summed E-state index contributed by atoms with van der Waals surface area (Å²) >= 11 is -0.0740. The van der Waals surface area contributed by atoms with Gasteiger partial charge >= 0.3 is 134 Å². The minimum atomic E-state index is -1.54. The molecule has 0 bridgehead atoms. The average Bonchev–Trinajstić information content (AvgIpc) is 2.79. The summed E-state index contributed by atoms with van der Waals surface area (Å²) in [6.07, 6.45) is 1.40. The van der Waals surface area contributed by atoms with Crippen LogP contribution in [0, 0.1) is 11.5 Å². The molecular weight excluding hydrogens is 343 g/mol. The number of benzene rings is 1. The van der Waals surface area contributed by atoms with Gasteiger partial charge in [0.15, 0.2) is 0 Å². The van der Waals surface area contributed by atoms with Crippen LogP contribution in [0.4, 0.5) is 0 Å². The Morgan fingerprint density at radius 2 is 1.95 bits per heavy atom. The van der Waals surface area contributed by atoms with Gasteiger partial charge in [0.25, 0.3) is 0 Å². The van der Waals surface area contributed by atoms with E-state index in [-0.39, 0.29) is 20.7 Å². The third-order valence-electron chi connectivity index (χ3n) is 3.49. The number of ketones is 1. The third kappa shape index (κ3) is 4.08. The molecule has 2 rings (SSSR count). The van der Waals surface area contributed by atoms with E-state index in [0.717, 1.165) is 17.3 Å². The van der Waals surface area contributed by atoms with Crippen molar-refractivity contribution in [2.24, 2.45) is 0 Å². The Kier molecular flexibility index (Phi) is 5.11. The SMILES string of the molecule is C[Si](C)(C)C#C[C@H](O)[C@]1([Se]c2ccccc2)CCCC1=O. The number of aliphatic hydroxyl groups excluding tert-OH is 1. The summed E-state index contributed by atoms with van der Waals surface area (Å²) in [6.45, 7) is 6.45. The van der Waals surface area contributed by atoms with Crippen LogP contribution in [0.3, 0.4) is 0 Å². The monoisotopic (exact) mass is 366 g/mol. The summed E-state index contributed by atoms with van der Waals surface area (Å²) in [7, 11) is -1.54. The normalized spacial score (nSPS) is 23.5. The first-order valence-electron chi connectivity index (χ1n) is 7.32. The first-order valence-corrected chi connectivity index (χ1v) is 12.5. The fourth-order valence-electron chi connectivity index (χ4n) is 2.42. The molecular formula is C17H22O2SeSi. The topological polar surface area (TPSA) is 37.3 Å². The molecule has 112 valence electrons. The predicted octanol–water partition coefficient (Wildman–Crippen LogP) is 2.17. The molecule has 1 N–H and O–H groups in total. The average molecular weight is 365 g/mol. The predicted molar refractivity (Wildman–Crippen MR) is 90.5 cm³/mol. The van der Waals surface area contributed by atoms with Crippen molar-refractivity contribution in [2.45, 2.75) is 49.3 Å². The Labute approximate surface area is 134 Å². The maximum atomic E-state index is 12.5. The summed E-state index contributed by atoms with van der Waals surface area (Å²) in [5.41, 5.74) is 3.23. The molecule has 1 aromatic carbocycles. The molecule has 2 nitrogen and oxygen atoms in total. The van der Waals surface area contributed by atoms with Gasteiger partial charge in [-0.1, -0.05) is 0 Å². The van der Waals surface area contributed by atoms with E-state index in [2.05, 4.69) is 31.1 Å². The van der Waals surface area contributed by atoms with E-state index in [0.29, 0.717) is 6.42 Å². The standard InChI is InChI=1S/C17H22O2SeSi/c1-21(2,3)13-11-16(19)17(12-7-10-15(17)18)20-14-8-5-4-6-9-14/h4-6,8-9,16,19H,7,10,12H2,1-3H3/t16-,17-/m0/s1. The summed E-state index contributed by atoms with van der Waals surface area (Å²) in [4.78, 5) is 12.5. The first-order chi connectivity index (χ1) is 9.83. The van der Waals surface area contributed by atoms with Gasteiger partial charge in [-0.2, -0.15) is 0 Å². The van der Waals surface area contributed by atoms with Crippen molar-refractivity contribution >= 4 is 33.3 Å². The van der Waals surface area contributed by atoms with Crippen molar-refractivity contribution in [3.63, 3.8) is 0 Å². The van der Waals surface area contributed by atoms with Crippen molar-refractivity contribution in [3.8, 4) is 11.5 Å². The maximum absolute atomic E-state index is 12.5. The quantitative estimate of drug-likeness (QED) is 0.659. The van der Waals surface area contributed by atoms with Gasteiger partial charge < -0.3 is 0 Å². The van der Waals surface area contributed by atoms with E-state index in [9.17, 15) is 9.90 Å².